The number of nitrogens with zero attached hydrogens (tertiary/aromatic N) is 1. The maximum Gasteiger partial charge on any atom is 0.0718 e. The SMILES string of the molecule is Cc1cc(C)c(-c2cc(-c3ccccc3)c3ccccc3n2)cc1C. The van der Waals surface area contributed by atoms with E-state index >= 15 is 0 Å². The van der Waals surface area contributed by atoms with E-state index in [1.54, 1.807) is 0 Å². The van der Waals surface area contributed by atoms with Gasteiger partial charge in [-0.2, -0.15) is 0 Å². The lowest BCUT2D eigenvalue weighted by atomic mass is 9.94. The lowest BCUT2D eigenvalue weighted by Gasteiger charge is -2.13. The molecule has 0 atom stereocenters. The molecule has 0 saturated heterocycles. The van der Waals surface area contributed by atoms with Crippen LogP contribution in [0.2, 0.25) is 0 Å². The van der Waals surface area contributed by atoms with E-state index in [1.807, 2.05) is 0 Å². The summed E-state index contributed by atoms with van der Waals surface area (Å²) in [5.41, 5.74) is 9.65. The van der Waals surface area contributed by atoms with Gasteiger partial charge in [-0.25, -0.2) is 4.98 Å². The number of para-hydroxylation sites is 1. The highest BCUT2D eigenvalue weighted by molar-refractivity contribution is 5.96. The highest BCUT2D eigenvalue weighted by atomic mass is 14.7. The van der Waals surface area contributed by atoms with Gasteiger partial charge in [0.25, 0.3) is 0 Å². The van der Waals surface area contributed by atoms with Crippen molar-refractivity contribution in [2.24, 2.45) is 0 Å². The zero-order chi connectivity index (χ0) is 17.4. The van der Waals surface area contributed by atoms with Gasteiger partial charge in [0, 0.05) is 10.9 Å². The molecule has 0 amide bonds. The molecule has 3 aromatic carbocycles. The summed E-state index contributed by atoms with van der Waals surface area (Å²) < 4.78 is 0. The van der Waals surface area contributed by atoms with E-state index in [0.29, 0.717) is 0 Å². The van der Waals surface area contributed by atoms with Gasteiger partial charge in [0.1, 0.15) is 0 Å². The second kappa shape index (κ2) is 6.18. The molecule has 1 heterocycles. The molecule has 4 aromatic rings. The number of hydrogen-bond donors (Lipinski definition) is 0. The van der Waals surface area contributed by atoms with Crippen molar-refractivity contribution < 1.29 is 0 Å². The van der Waals surface area contributed by atoms with E-state index in [2.05, 4.69) is 93.6 Å². The Bertz CT molecular complexity index is 1060. The van der Waals surface area contributed by atoms with Crippen LogP contribution >= 0.6 is 0 Å². The molecule has 0 bridgehead atoms. The van der Waals surface area contributed by atoms with E-state index in [9.17, 15) is 0 Å². The van der Waals surface area contributed by atoms with Crippen molar-refractivity contribution in [2.45, 2.75) is 20.8 Å². The minimum atomic E-state index is 1.04. The number of aromatic nitrogens is 1. The predicted molar refractivity (Wildman–Crippen MR) is 107 cm³/mol. The highest BCUT2D eigenvalue weighted by Crippen LogP contribution is 2.33. The molecule has 4 rings (SSSR count). The van der Waals surface area contributed by atoms with Crippen LogP contribution in [0.4, 0.5) is 0 Å². The first-order chi connectivity index (χ1) is 12.1. The van der Waals surface area contributed by atoms with Gasteiger partial charge >= 0.3 is 0 Å². The minimum Gasteiger partial charge on any atom is -0.248 e. The average molecular weight is 323 g/mol. The summed E-state index contributed by atoms with van der Waals surface area (Å²) >= 11 is 0. The molecule has 0 unspecified atom stereocenters. The van der Waals surface area contributed by atoms with Gasteiger partial charge in [0.15, 0.2) is 0 Å². The fourth-order valence-electron chi connectivity index (χ4n) is 3.41. The maximum atomic E-state index is 4.96. The van der Waals surface area contributed by atoms with Gasteiger partial charge < -0.3 is 0 Å². The highest BCUT2D eigenvalue weighted by Gasteiger charge is 2.11. The first-order valence-corrected chi connectivity index (χ1v) is 8.67. The number of pyridine rings is 1. The molecule has 25 heavy (non-hydrogen) atoms. The Morgan fingerprint density at radius 3 is 2.08 bits per heavy atom. The van der Waals surface area contributed by atoms with Crippen LogP contribution in [0.25, 0.3) is 33.3 Å². The number of hydrogen-bond acceptors (Lipinski definition) is 1. The van der Waals surface area contributed by atoms with E-state index < -0.39 is 0 Å². The quantitative estimate of drug-likeness (QED) is 0.410. The average Bonchev–Trinajstić information content (AvgIpc) is 2.64. The molecule has 1 aromatic heterocycles. The summed E-state index contributed by atoms with van der Waals surface area (Å²) in [6.45, 7) is 6.49. The molecule has 0 aliphatic rings. The second-order valence-corrected chi connectivity index (χ2v) is 6.69. The summed E-state index contributed by atoms with van der Waals surface area (Å²) in [6, 6.07) is 25.7. The predicted octanol–water partition coefficient (Wildman–Crippen LogP) is 6.49. The van der Waals surface area contributed by atoms with Crippen molar-refractivity contribution >= 4 is 10.9 Å². The second-order valence-electron chi connectivity index (χ2n) is 6.69. The van der Waals surface area contributed by atoms with Crippen molar-refractivity contribution in [3.05, 3.63) is 89.5 Å². The number of aryl methyl sites for hydroxylation is 3. The first-order valence-electron chi connectivity index (χ1n) is 8.67. The van der Waals surface area contributed by atoms with E-state index in [-0.39, 0.29) is 0 Å². The summed E-state index contributed by atoms with van der Waals surface area (Å²) in [4.78, 5) is 4.96. The van der Waals surface area contributed by atoms with Gasteiger partial charge in [0.2, 0.25) is 0 Å². The molecule has 0 saturated carbocycles. The Balaban J connectivity index is 2.02. The molecule has 122 valence electrons. The summed E-state index contributed by atoms with van der Waals surface area (Å²) in [5, 5.41) is 1.19. The van der Waals surface area contributed by atoms with Gasteiger partial charge in [-0.1, -0.05) is 54.6 Å². The van der Waals surface area contributed by atoms with Crippen LogP contribution in [0.3, 0.4) is 0 Å². The molecule has 0 N–H and O–H groups in total. The third kappa shape index (κ3) is 2.83. The number of fused-ring (bicyclic) bond motifs is 1. The number of benzene rings is 3. The fourth-order valence-corrected chi connectivity index (χ4v) is 3.41. The summed E-state index contributed by atoms with van der Waals surface area (Å²) in [7, 11) is 0. The molecule has 0 aliphatic carbocycles. The molecule has 1 heteroatoms. The Hall–Kier alpha value is -2.93. The van der Waals surface area contributed by atoms with Crippen LogP contribution in [-0.4, -0.2) is 4.98 Å². The van der Waals surface area contributed by atoms with Crippen LogP contribution in [0, 0.1) is 20.8 Å². The zero-order valence-corrected chi connectivity index (χ0v) is 14.9. The van der Waals surface area contributed by atoms with Crippen molar-refractivity contribution in [3.63, 3.8) is 0 Å². The smallest absolute Gasteiger partial charge is 0.0718 e. The molecular weight excluding hydrogens is 302 g/mol. The first kappa shape index (κ1) is 15.6. The Labute approximate surface area is 149 Å². The Morgan fingerprint density at radius 1 is 0.600 bits per heavy atom. The lowest BCUT2D eigenvalue weighted by molar-refractivity contribution is 1.28. The summed E-state index contributed by atoms with van der Waals surface area (Å²) in [6.07, 6.45) is 0. The topological polar surface area (TPSA) is 12.9 Å². The van der Waals surface area contributed by atoms with Crippen LogP contribution in [0.5, 0.6) is 0 Å². The standard InChI is InChI=1S/C24H21N/c1-16-13-18(3)21(14-17(16)2)24-15-22(19-9-5-4-6-10-19)20-11-7-8-12-23(20)25-24/h4-15H,1-3H3. The Kier molecular flexibility index (Phi) is 3.85. The van der Waals surface area contributed by atoms with E-state index in [4.69, 9.17) is 4.98 Å². The van der Waals surface area contributed by atoms with E-state index in [0.717, 1.165) is 11.2 Å². The normalized spacial score (nSPS) is 11.0. The molecule has 0 fully saturated rings. The number of rotatable bonds is 2. The summed E-state index contributed by atoms with van der Waals surface area (Å²) in [5.74, 6) is 0. The van der Waals surface area contributed by atoms with Gasteiger partial charge in [-0.05, 0) is 66.8 Å². The van der Waals surface area contributed by atoms with Crippen molar-refractivity contribution in [3.8, 4) is 22.4 Å². The van der Waals surface area contributed by atoms with E-state index in [1.165, 1.54) is 38.8 Å². The molecule has 0 aliphatic heterocycles. The monoisotopic (exact) mass is 323 g/mol. The molecule has 1 nitrogen and oxygen atoms in total. The van der Waals surface area contributed by atoms with Crippen molar-refractivity contribution in [1.29, 1.82) is 0 Å². The third-order valence-corrected chi connectivity index (χ3v) is 4.92. The minimum absolute atomic E-state index is 1.04. The van der Waals surface area contributed by atoms with Crippen LogP contribution < -0.4 is 0 Å². The van der Waals surface area contributed by atoms with Crippen LogP contribution in [0.1, 0.15) is 16.7 Å². The van der Waals surface area contributed by atoms with Gasteiger partial charge in [0.05, 0.1) is 11.2 Å². The molecule has 0 radical (unpaired) electrons. The maximum absolute atomic E-state index is 4.96. The largest absolute Gasteiger partial charge is 0.248 e. The van der Waals surface area contributed by atoms with Gasteiger partial charge in [-0.15, -0.1) is 0 Å². The zero-order valence-electron chi connectivity index (χ0n) is 14.9. The fraction of sp³-hybridized carbons (Fsp3) is 0.125. The van der Waals surface area contributed by atoms with Crippen LogP contribution in [0.15, 0.2) is 72.8 Å². The molecular formula is C24H21N. The van der Waals surface area contributed by atoms with Gasteiger partial charge in [-0.3, -0.25) is 0 Å². The Morgan fingerprint density at radius 2 is 1.28 bits per heavy atom. The van der Waals surface area contributed by atoms with Crippen molar-refractivity contribution in [2.75, 3.05) is 0 Å². The van der Waals surface area contributed by atoms with Crippen molar-refractivity contribution in [1.82, 2.24) is 4.98 Å². The third-order valence-electron chi connectivity index (χ3n) is 4.92. The lowest BCUT2D eigenvalue weighted by Crippen LogP contribution is -1.93. The molecule has 0 spiro atoms. The van der Waals surface area contributed by atoms with Crippen LogP contribution in [-0.2, 0) is 0 Å².